The van der Waals surface area contributed by atoms with Crippen molar-refractivity contribution < 1.29 is 9.53 Å². The number of hydrogen-bond acceptors (Lipinski definition) is 7. The minimum absolute atomic E-state index is 0.132. The minimum atomic E-state index is -0.296. The molecule has 0 saturated carbocycles. The molecule has 2 aliphatic rings. The summed E-state index contributed by atoms with van der Waals surface area (Å²) in [6, 6.07) is 13.4. The zero-order valence-corrected chi connectivity index (χ0v) is 20.8. The Morgan fingerprint density at radius 3 is 2.43 bits per heavy atom. The van der Waals surface area contributed by atoms with Crippen LogP contribution in [0.25, 0.3) is 22.3 Å². The summed E-state index contributed by atoms with van der Waals surface area (Å²) >= 11 is 0. The van der Waals surface area contributed by atoms with E-state index in [2.05, 4.69) is 38.5 Å². The number of anilines is 4. The summed E-state index contributed by atoms with van der Waals surface area (Å²) in [7, 11) is 0. The molecule has 0 aliphatic carbocycles. The van der Waals surface area contributed by atoms with Gasteiger partial charge in [0.25, 0.3) is 0 Å². The lowest BCUT2D eigenvalue weighted by Gasteiger charge is -2.30. The lowest BCUT2D eigenvalue weighted by atomic mass is 10.1. The highest BCUT2D eigenvalue weighted by Crippen LogP contribution is 2.33. The van der Waals surface area contributed by atoms with Crippen LogP contribution in [0.3, 0.4) is 0 Å². The standard InChI is InChI=1S/C27H30N8O2/c1-17-13-20(9-10-22(17)34-11-3-2-4-12-34)32-27(36)31-19-7-5-18(6-8-19)24-23-25(28)29-16-30-26(23)35(33-24)21-14-37-15-21/h5-10,13,16,21H,2-4,11-12,14-15H2,1H3,(H2,28,29,30)(H2,31,32,36). The zero-order chi connectivity index (χ0) is 25.4. The maximum Gasteiger partial charge on any atom is 0.323 e. The molecular formula is C27H30N8O2. The first kappa shape index (κ1) is 23.2. The Bertz CT molecular complexity index is 1440. The van der Waals surface area contributed by atoms with Gasteiger partial charge in [-0.25, -0.2) is 19.4 Å². The van der Waals surface area contributed by atoms with Crippen LogP contribution in [0.5, 0.6) is 0 Å². The molecule has 6 rings (SSSR count). The van der Waals surface area contributed by atoms with Crippen molar-refractivity contribution in [3.8, 4) is 11.3 Å². The fraction of sp³-hybridized carbons (Fsp3) is 0.333. The number of rotatable bonds is 5. The molecule has 10 heteroatoms. The van der Waals surface area contributed by atoms with Gasteiger partial charge in [0.15, 0.2) is 5.65 Å². The Morgan fingerprint density at radius 2 is 1.73 bits per heavy atom. The molecule has 0 unspecified atom stereocenters. The number of fused-ring (bicyclic) bond motifs is 1. The summed E-state index contributed by atoms with van der Waals surface area (Å²) in [6.07, 6.45) is 5.22. The molecule has 37 heavy (non-hydrogen) atoms. The maximum absolute atomic E-state index is 12.7. The lowest BCUT2D eigenvalue weighted by molar-refractivity contribution is -0.0268. The Morgan fingerprint density at radius 1 is 1.00 bits per heavy atom. The van der Waals surface area contributed by atoms with Crippen molar-refractivity contribution >= 4 is 39.9 Å². The number of aromatic nitrogens is 4. The normalized spacial score (nSPS) is 16.0. The van der Waals surface area contributed by atoms with Crippen LogP contribution in [0.15, 0.2) is 48.8 Å². The quantitative estimate of drug-likeness (QED) is 0.368. The summed E-state index contributed by atoms with van der Waals surface area (Å²) in [5, 5.41) is 11.4. The second-order valence-corrected chi connectivity index (χ2v) is 9.65. The number of urea groups is 1. The van der Waals surface area contributed by atoms with E-state index < -0.39 is 0 Å². The number of ether oxygens (including phenoxy) is 1. The number of piperidine rings is 1. The highest BCUT2D eigenvalue weighted by molar-refractivity contribution is 6.01. The van der Waals surface area contributed by atoms with Gasteiger partial charge >= 0.3 is 6.03 Å². The highest BCUT2D eigenvalue weighted by Gasteiger charge is 2.27. The number of nitrogens with one attached hydrogen (secondary N) is 2. The molecule has 0 radical (unpaired) electrons. The van der Waals surface area contributed by atoms with Crippen molar-refractivity contribution in [3.63, 3.8) is 0 Å². The third-order valence-corrected chi connectivity index (χ3v) is 7.05. The number of aryl methyl sites for hydroxylation is 1. The predicted molar refractivity (Wildman–Crippen MR) is 145 cm³/mol. The second kappa shape index (κ2) is 9.70. The molecule has 0 bridgehead atoms. The number of nitrogen functional groups attached to an aromatic ring is 1. The van der Waals surface area contributed by atoms with Gasteiger partial charge in [-0.05, 0) is 62.1 Å². The summed E-state index contributed by atoms with van der Waals surface area (Å²) in [5.41, 5.74) is 12.3. The molecule has 190 valence electrons. The average molecular weight is 499 g/mol. The van der Waals surface area contributed by atoms with Crippen molar-refractivity contribution in [1.29, 1.82) is 0 Å². The van der Waals surface area contributed by atoms with E-state index in [0.717, 1.165) is 35.3 Å². The van der Waals surface area contributed by atoms with Gasteiger partial charge < -0.3 is 26.0 Å². The molecule has 4 N–H and O–H groups in total. The van der Waals surface area contributed by atoms with Crippen molar-refractivity contribution in [1.82, 2.24) is 19.7 Å². The smallest absolute Gasteiger partial charge is 0.323 e. The van der Waals surface area contributed by atoms with Gasteiger partial charge in [0, 0.05) is 35.7 Å². The number of nitrogens with two attached hydrogens (primary N) is 1. The van der Waals surface area contributed by atoms with E-state index in [1.807, 2.05) is 41.1 Å². The van der Waals surface area contributed by atoms with Gasteiger partial charge in [-0.2, -0.15) is 5.10 Å². The maximum atomic E-state index is 12.7. The number of carbonyl (C=O) groups is 1. The Balaban J connectivity index is 1.16. The van der Waals surface area contributed by atoms with Crippen LogP contribution < -0.4 is 21.3 Å². The Hall–Kier alpha value is -4.18. The molecule has 2 saturated heterocycles. The Labute approximate surface area is 214 Å². The fourth-order valence-corrected chi connectivity index (χ4v) is 5.04. The van der Waals surface area contributed by atoms with Crippen LogP contribution in [0.4, 0.5) is 27.7 Å². The van der Waals surface area contributed by atoms with Crippen molar-refractivity contribution in [2.24, 2.45) is 0 Å². The second-order valence-electron chi connectivity index (χ2n) is 9.65. The molecule has 0 spiro atoms. The third-order valence-electron chi connectivity index (χ3n) is 7.05. The summed E-state index contributed by atoms with van der Waals surface area (Å²) in [6.45, 7) is 5.47. The number of hydrogen-bond donors (Lipinski definition) is 3. The van der Waals surface area contributed by atoms with E-state index in [4.69, 9.17) is 15.6 Å². The van der Waals surface area contributed by atoms with Crippen LogP contribution >= 0.6 is 0 Å². The van der Waals surface area contributed by atoms with Crippen LogP contribution in [0.2, 0.25) is 0 Å². The van der Waals surface area contributed by atoms with Gasteiger partial charge in [0.05, 0.1) is 18.6 Å². The summed E-state index contributed by atoms with van der Waals surface area (Å²) in [5.74, 6) is 0.384. The van der Waals surface area contributed by atoms with E-state index >= 15 is 0 Å². The molecule has 2 aromatic heterocycles. The van der Waals surface area contributed by atoms with Crippen LogP contribution in [0.1, 0.15) is 30.9 Å². The lowest BCUT2D eigenvalue weighted by Crippen LogP contribution is -2.31. The SMILES string of the molecule is Cc1cc(NC(=O)Nc2ccc(-c3nn(C4COC4)c4ncnc(N)c34)cc2)ccc1N1CCCCC1. The number of nitrogens with zero attached hydrogens (tertiary/aromatic N) is 5. The molecule has 0 atom stereocenters. The predicted octanol–water partition coefficient (Wildman–Crippen LogP) is 4.59. The first-order valence-corrected chi connectivity index (χ1v) is 12.7. The van der Waals surface area contributed by atoms with Gasteiger partial charge in [-0.15, -0.1) is 0 Å². The van der Waals surface area contributed by atoms with Crippen LogP contribution in [0, 0.1) is 6.92 Å². The van der Waals surface area contributed by atoms with Crippen molar-refractivity contribution in [2.45, 2.75) is 32.2 Å². The van der Waals surface area contributed by atoms with Crippen LogP contribution in [-0.4, -0.2) is 52.1 Å². The molecular weight excluding hydrogens is 468 g/mol. The van der Waals surface area contributed by atoms with Crippen molar-refractivity contribution in [2.75, 3.05) is 47.6 Å². The molecule has 2 amide bonds. The topological polar surface area (TPSA) is 123 Å². The third kappa shape index (κ3) is 4.55. The first-order valence-electron chi connectivity index (χ1n) is 12.7. The number of amides is 2. The molecule has 4 heterocycles. The molecule has 4 aromatic rings. The zero-order valence-electron chi connectivity index (χ0n) is 20.8. The van der Waals surface area contributed by atoms with Gasteiger partial charge in [0.2, 0.25) is 0 Å². The van der Waals surface area contributed by atoms with E-state index in [-0.39, 0.29) is 12.1 Å². The number of carbonyl (C=O) groups excluding carboxylic acids is 1. The van der Waals surface area contributed by atoms with E-state index in [0.29, 0.717) is 36.1 Å². The van der Waals surface area contributed by atoms with Gasteiger partial charge in [-0.1, -0.05) is 12.1 Å². The van der Waals surface area contributed by atoms with Crippen molar-refractivity contribution in [3.05, 3.63) is 54.4 Å². The first-order chi connectivity index (χ1) is 18.1. The minimum Gasteiger partial charge on any atom is -0.383 e. The van der Waals surface area contributed by atoms with Gasteiger partial charge in [0.1, 0.15) is 23.9 Å². The monoisotopic (exact) mass is 498 g/mol. The Kier molecular flexibility index (Phi) is 6.09. The van der Waals surface area contributed by atoms with E-state index in [1.54, 1.807) is 0 Å². The largest absolute Gasteiger partial charge is 0.383 e. The molecule has 2 aromatic carbocycles. The number of benzene rings is 2. The van der Waals surface area contributed by atoms with Gasteiger partial charge in [-0.3, -0.25) is 0 Å². The molecule has 2 fully saturated rings. The molecule has 2 aliphatic heterocycles. The summed E-state index contributed by atoms with van der Waals surface area (Å²) in [4.78, 5) is 23.7. The molecule has 10 nitrogen and oxygen atoms in total. The summed E-state index contributed by atoms with van der Waals surface area (Å²) < 4.78 is 7.20. The van der Waals surface area contributed by atoms with Crippen LogP contribution in [-0.2, 0) is 4.74 Å². The van der Waals surface area contributed by atoms with E-state index in [9.17, 15) is 4.79 Å². The fourth-order valence-electron chi connectivity index (χ4n) is 5.04. The average Bonchev–Trinajstić information content (AvgIpc) is 3.24. The highest BCUT2D eigenvalue weighted by atomic mass is 16.5. The van der Waals surface area contributed by atoms with E-state index in [1.165, 1.54) is 31.3 Å².